The van der Waals surface area contributed by atoms with E-state index in [-0.39, 0.29) is 17.9 Å². The molecule has 0 radical (unpaired) electrons. The van der Waals surface area contributed by atoms with Gasteiger partial charge in [0, 0.05) is 21.7 Å². The van der Waals surface area contributed by atoms with Crippen LogP contribution in [0.5, 0.6) is 0 Å². The first-order valence-corrected chi connectivity index (χ1v) is 10.4. The molecular weight excluding hydrogens is 340 g/mol. The van der Waals surface area contributed by atoms with Crippen LogP contribution < -0.4 is 5.73 Å². The molecule has 2 heterocycles. The smallest absolute Gasteiger partial charge is 0.312 e. The highest BCUT2D eigenvalue weighted by molar-refractivity contribution is 8.14. The fraction of sp³-hybridized carbons (Fsp3) is 0.667. The first-order valence-electron chi connectivity index (χ1n) is 8.56. The van der Waals surface area contributed by atoms with E-state index in [0.717, 1.165) is 22.9 Å². The number of hydrogen-bond acceptors (Lipinski definition) is 6. The van der Waals surface area contributed by atoms with Crippen molar-refractivity contribution in [3.63, 3.8) is 0 Å². The molecule has 0 unspecified atom stereocenters. The Kier molecular flexibility index (Phi) is 4.98. The minimum absolute atomic E-state index is 0.177. The van der Waals surface area contributed by atoms with Crippen LogP contribution in [0, 0.1) is 5.92 Å². The molecule has 1 aromatic rings. The topological polar surface area (TPSA) is 64.7 Å². The van der Waals surface area contributed by atoms with E-state index in [4.69, 9.17) is 15.5 Å². The summed E-state index contributed by atoms with van der Waals surface area (Å²) >= 11 is 3.43. The second-order valence-electron chi connectivity index (χ2n) is 7.69. The van der Waals surface area contributed by atoms with Gasteiger partial charge in [0.2, 0.25) is 0 Å². The predicted octanol–water partition coefficient (Wildman–Crippen LogP) is 4.59. The molecule has 0 amide bonds. The lowest BCUT2D eigenvalue weighted by molar-refractivity contribution is -0.153. The summed E-state index contributed by atoms with van der Waals surface area (Å²) in [6.45, 7) is 5.69. The molecule has 1 aliphatic carbocycles. The molecule has 1 saturated carbocycles. The number of anilines is 1. The number of ether oxygens (including phenoxy) is 1. The van der Waals surface area contributed by atoms with Gasteiger partial charge < -0.3 is 10.5 Å². The second kappa shape index (κ2) is 6.71. The maximum atomic E-state index is 12.2. The van der Waals surface area contributed by atoms with Crippen LogP contribution in [0.2, 0.25) is 0 Å². The molecule has 0 spiro atoms. The predicted molar refractivity (Wildman–Crippen MR) is 103 cm³/mol. The monoisotopic (exact) mass is 366 g/mol. The third kappa shape index (κ3) is 3.80. The number of nitrogens with zero attached hydrogens (tertiary/aromatic N) is 1. The lowest BCUT2D eigenvalue weighted by atomic mass is 9.73. The molecule has 1 aliphatic heterocycles. The number of rotatable bonds is 3. The van der Waals surface area contributed by atoms with Crippen LogP contribution in [-0.2, 0) is 15.1 Å². The molecule has 0 bridgehead atoms. The number of thioether (sulfide) groups is 1. The van der Waals surface area contributed by atoms with E-state index in [2.05, 4.69) is 6.07 Å². The van der Waals surface area contributed by atoms with Gasteiger partial charge in [0.05, 0.1) is 17.0 Å². The Bertz CT molecular complexity index is 648. The minimum atomic E-state index is -0.454. The minimum Gasteiger partial charge on any atom is -0.460 e. The first kappa shape index (κ1) is 17.8. The standard InChI is InChI=1S/C18H26N2O2S2/c1-17(2,3)22-16(21)9-15-20-18(14-8-13(19)11-23-14)7-5-4-6-12(18)10-24-15/h8,11-12H,4-7,9-10,19H2,1-3H3/t12-,18-/m0/s1. The number of fused-ring (bicyclic) bond motifs is 1. The summed E-state index contributed by atoms with van der Waals surface area (Å²) < 4.78 is 5.47. The van der Waals surface area contributed by atoms with E-state index in [1.54, 1.807) is 23.1 Å². The van der Waals surface area contributed by atoms with Crippen LogP contribution in [-0.4, -0.2) is 22.4 Å². The van der Waals surface area contributed by atoms with Gasteiger partial charge in [-0.3, -0.25) is 9.79 Å². The summed E-state index contributed by atoms with van der Waals surface area (Å²) in [5.41, 5.74) is 6.16. The Morgan fingerprint density at radius 3 is 2.92 bits per heavy atom. The Hall–Kier alpha value is -1.01. The summed E-state index contributed by atoms with van der Waals surface area (Å²) in [4.78, 5) is 18.6. The van der Waals surface area contributed by atoms with Gasteiger partial charge in [-0.15, -0.1) is 23.1 Å². The van der Waals surface area contributed by atoms with E-state index in [1.165, 1.54) is 24.1 Å². The highest BCUT2D eigenvalue weighted by Crippen LogP contribution is 2.51. The second-order valence-corrected chi connectivity index (χ2v) is 9.70. The Labute approximate surface area is 152 Å². The molecule has 3 rings (SSSR count). The molecular formula is C18H26N2O2S2. The molecule has 2 N–H and O–H groups in total. The van der Waals surface area contributed by atoms with Gasteiger partial charge in [-0.2, -0.15) is 0 Å². The van der Waals surface area contributed by atoms with E-state index >= 15 is 0 Å². The average molecular weight is 367 g/mol. The maximum absolute atomic E-state index is 12.2. The van der Waals surface area contributed by atoms with Crippen molar-refractivity contribution in [2.75, 3.05) is 11.5 Å². The van der Waals surface area contributed by atoms with E-state index in [0.29, 0.717) is 5.92 Å². The summed E-state index contributed by atoms with van der Waals surface area (Å²) in [6.07, 6.45) is 4.98. The number of nitrogen functional groups attached to an aromatic ring is 1. The molecule has 0 saturated heterocycles. The van der Waals surface area contributed by atoms with Gasteiger partial charge in [0.25, 0.3) is 0 Å². The Balaban J connectivity index is 1.86. The number of esters is 1. The summed E-state index contributed by atoms with van der Waals surface area (Å²) in [6, 6.07) is 2.08. The fourth-order valence-electron chi connectivity index (χ4n) is 3.60. The number of nitrogens with two attached hydrogens (primary N) is 1. The Morgan fingerprint density at radius 1 is 1.46 bits per heavy atom. The zero-order valence-corrected chi connectivity index (χ0v) is 16.3. The quantitative estimate of drug-likeness (QED) is 0.795. The SMILES string of the molecule is CC(C)(C)OC(=O)CC1=N[C@@]2(c3cc(N)cs3)CCCC[C@H]2CS1. The van der Waals surface area contributed by atoms with E-state index in [1.807, 2.05) is 26.2 Å². The van der Waals surface area contributed by atoms with Crippen LogP contribution in [0.3, 0.4) is 0 Å². The molecule has 0 aromatic carbocycles. The number of thiophene rings is 1. The van der Waals surface area contributed by atoms with Crippen molar-refractivity contribution in [2.45, 2.75) is 64.0 Å². The largest absolute Gasteiger partial charge is 0.460 e. The third-order valence-electron chi connectivity index (χ3n) is 4.57. The van der Waals surface area contributed by atoms with Gasteiger partial charge in [0.15, 0.2) is 0 Å². The lowest BCUT2D eigenvalue weighted by Gasteiger charge is -2.43. The number of aliphatic imine (C=N–C) groups is 1. The van der Waals surface area contributed by atoms with Crippen molar-refractivity contribution in [2.24, 2.45) is 10.9 Å². The summed E-state index contributed by atoms with van der Waals surface area (Å²) in [5.74, 6) is 1.37. The highest BCUT2D eigenvalue weighted by atomic mass is 32.2. The van der Waals surface area contributed by atoms with E-state index in [9.17, 15) is 4.79 Å². The number of carbonyl (C=O) groups excluding carboxylic acids is 1. The van der Waals surface area contributed by atoms with Crippen LogP contribution in [0.4, 0.5) is 5.69 Å². The van der Waals surface area contributed by atoms with Crippen LogP contribution in [0.1, 0.15) is 57.8 Å². The summed E-state index contributed by atoms with van der Waals surface area (Å²) in [5, 5.41) is 2.91. The van der Waals surface area contributed by atoms with Crippen LogP contribution in [0.25, 0.3) is 0 Å². The average Bonchev–Trinajstić information content (AvgIpc) is 2.92. The van der Waals surface area contributed by atoms with Crippen molar-refractivity contribution >= 4 is 39.8 Å². The summed E-state index contributed by atoms with van der Waals surface area (Å²) in [7, 11) is 0. The normalized spacial score (nSPS) is 27.3. The molecule has 1 fully saturated rings. The first-order chi connectivity index (χ1) is 11.3. The van der Waals surface area contributed by atoms with Crippen molar-refractivity contribution < 1.29 is 9.53 Å². The zero-order valence-electron chi connectivity index (χ0n) is 14.6. The van der Waals surface area contributed by atoms with Crippen molar-refractivity contribution in [1.82, 2.24) is 0 Å². The number of carbonyl (C=O) groups is 1. The maximum Gasteiger partial charge on any atom is 0.312 e. The van der Waals surface area contributed by atoms with E-state index < -0.39 is 5.60 Å². The lowest BCUT2D eigenvalue weighted by Crippen LogP contribution is -2.41. The van der Waals surface area contributed by atoms with Gasteiger partial charge in [-0.25, -0.2) is 0 Å². The van der Waals surface area contributed by atoms with Gasteiger partial charge in [0.1, 0.15) is 5.60 Å². The van der Waals surface area contributed by atoms with Crippen molar-refractivity contribution in [1.29, 1.82) is 0 Å². The van der Waals surface area contributed by atoms with Crippen LogP contribution in [0.15, 0.2) is 16.4 Å². The molecule has 2 atom stereocenters. The van der Waals surface area contributed by atoms with Crippen molar-refractivity contribution in [3.8, 4) is 0 Å². The van der Waals surface area contributed by atoms with Crippen LogP contribution >= 0.6 is 23.1 Å². The zero-order chi connectivity index (χ0) is 17.4. The fourth-order valence-corrected chi connectivity index (χ4v) is 5.93. The van der Waals surface area contributed by atoms with Gasteiger partial charge in [-0.1, -0.05) is 12.8 Å². The molecule has 4 nitrogen and oxygen atoms in total. The number of hydrogen-bond donors (Lipinski definition) is 1. The molecule has 24 heavy (non-hydrogen) atoms. The van der Waals surface area contributed by atoms with Gasteiger partial charge in [-0.05, 0) is 45.6 Å². The van der Waals surface area contributed by atoms with Crippen molar-refractivity contribution in [3.05, 3.63) is 16.3 Å². The molecule has 1 aromatic heterocycles. The van der Waals surface area contributed by atoms with Gasteiger partial charge >= 0.3 is 5.97 Å². The Morgan fingerprint density at radius 2 is 2.25 bits per heavy atom. The molecule has 2 aliphatic rings. The molecule has 6 heteroatoms. The third-order valence-corrected chi connectivity index (χ3v) is 6.83. The highest BCUT2D eigenvalue weighted by Gasteiger charge is 2.45. The molecule has 132 valence electrons.